The fraction of sp³-hybridized carbons (Fsp3) is 0.583. The third-order valence-corrected chi connectivity index (χ3v) is 2.75. The predicted molar refractivity (Wildman–Crippen MR) is 58.0 cm³/mol. The van der Waals surface area contributed by atoms with Crippen molar-refractivity contribution >= 4 is 0 Å². The lowest BCUT2D eigenvalue weighted by atomic mass is 9.96. The smallest absolute Gasteiger partial charge is 0.0568 e. The summed E-state index contributed by atoms with van der Waals surface area (Å²) in [4.78, 5) is 4.05. The highest BCUT2D eigenvalue weighted by molar-refractivity contribution is 5.08. The highest BCUT2D eigenvalue weighted by atomic mass is 16.3. The number of rotatable bonds is 5. The average Bonchev–Trinajstić information content (AvgIpc) is 2.26. The van der Waals surface area contributed by atoms with Crippen molar-refractivity contribution in [2.45, 2.75) is 39.2 Å². The van der Waals surface area contributed by atoms with Crippen LogP contribution in [-0.4, -0.2) is 16.2 Å². The monoisotopic (exact) mass is 193 g/mol. The van der Waals surface area contributed by atoms with Crippen LogP contribution in [0.3, 0.4) is 0 Å². The number of hydrogen-bond acceptors (Lipinski definition) is 2. The van der Waals surface area contributed by atoms with Gasteiger partial charge in [-0.05, 0) is 30.4 Å². The molecule has 0 aromatic carbocycles. The van der Waals surface area contributed by atoms with Gasteiger partial charge < -0.3 is 5.11 Å². The first-order valence-electron chi connectivity index (χ1n) is 5.31. The largest absolute Gasteiger partial charge is 0.393 e. The first-order chi connectivity index (χ1) is 6.74. The van der Waals surface area contributed by atoms with Crippen LogP contribution in [0.1, 0.15) is 32.3 Å². The highest BCUT2D eigenvalue weighted by Gasteiger charge is 2.11. The van der Waals surface area contributed by atoms with Gasteiger partial charge in [0.1, 0.15) is 0 Å². The summed E-state index contributed by atoms with van der Waals surface area (Å²) in [5, 5.41) is 9.76. The standard InChI is InChI=1S/C12H19NO/c1-3-10(2)12(14)7-6-11-5-4-8-13-9-11/h4-5,8-10,12,14H,3,6-7H2,1-2H3. The van der Waals surface area contributed by atoms with Crippen LogP contribution in [0.15, 0.2) is 24.5 Å². The molecule has 0 aliphatic carbocycles. The van der Waals surface area contributed by atoms with E-state index in [-0.39, 0.29) is 6.10 Å². The Hall–Kier alpha value is -0.890. The van der Waals surface area contributed by atoms with Gasteiger partial charge in [0.15, 0.2) is 0 Å². The van der Waals surface area contributed by atoms with Crippen molar-refractivity contribution in [1.29, 1.82) is 0 Å². The molecule has 0 aliphatic heterocycles. The summed E-state index contributed by atoms with van der Waals surface area (Å²) < 4.78 is 0. The van der Waals surface area contributed by atoms with E-state index in [4.69, 9.17) is 0 Å². The third-order valence-electron chi connectivity index (χ3n) is 2.75. The summed E-state index contributed by atoms with van der Waals surface area (Å²) in [6, 6.07) is 3.99. The molecule has 0 radical (unpaired) electrons. The van der Waals surface area contributed by atoms with E-state index in [1.807, 2.05) is 12.3 Å². The van der Waals surface area contributed by atoms with Crippen LogP contribution in [0.4, 0.5) is 0 Å². The van der Waals surface area contributed by atoms with Crippen molar-refractivity contribution in [2.75, 3.05) is 0 Å². The molecule has 78 valence electrons. The Bertz CT molecular complexity index is 248. The van der Waals surface area contributed by atoms with Crippen LogP contribution in [0.25, 0.3) is 0 Å². The molecule has 0 saturated heterocycles. The molecule has 2 heteroatoms. The normalized spacial score (nSPS) is 15.1. The zero-order valence-electron chi connectivity index (χ0n) is 8.98. The van der Waals surface area contributed by atoms with Crippen LogP contribution in [0.5, 0.6) is 0 Å². The van der Waals surface area contributed by atoms with Gasteiger partial charge in [-0.1, -0.05) is 26.3 Å². The van der Waals surface area contributed by atoms with E-state index in [1.165, 1.54) is 5.56 Å². The molecule has 0 saturated carbocycles. The molecular weight excluding hydrogens is 174 g/mol. The summed E-state index contributed by atoms with van der Waals surface area (Å²) in [6.07, 6.45) is 6.24. The van der Waals surface area contributed by atoms with E-state index in [1.54, 1.807) is 6.20 Å². The molecule has 0 aliphatic rings. The lowest BCUT2D eigenvalue weighted by Gasteiger charge is -2.16. The molecule has 2 unspecified atom stereocenters. The molecule has 1 aromatic rings. The molecule has 0 bridgehead atoms. The van der Waals surface area contributed by atoms with Crippen LogP contribution in [0, 0.1) is 5.92 Å². The van der Waals surface area contributed by atoms with Gasteiger partial charge >= 0.3 is 0 Å². The Labute approximate surface area is 86.0 Å². The summed E-state index contributed by atoms with van der Waals surface area (Å²) >= 11 is 0. The maximum atomic E-state index is 9.76. The average molecular weight is 193 g/mol. The van der Waals surface area contributed by atoms with E-state index >= 15 is 0 Å². The van der Waals surface area contributed by atoms with Gasteiger partial charge in [0.25, 0.3) is 0 Å². The van der Waals surface area contributed by atoms with Gasteiger partial charge in [0.05, 0.1) is 6.10 Å². The Kier molecular flexibility index (Phi) is 4.60. The Morgan fingerprint density at radius 1 is 1.50 bits per heavy atom. The Morgan fingerprint density at radius 2 is 2.29 bits per heavy atom. The number of aryl methyl sites for hydroxylation is 1. The molecule has 2 atom stereocenters. The number of nitrogens with zero attached hydrogens (tertiary/aromatic N) is 1. The first kappa shape index (κ1) is 11.2. The van der Waals surface area contributed by atoms with Gasteiger partial charge in [-0.3, -0.25) is 4.98 Å². The zero-order valence-corrected chi connectivity index (χ0v) is 8.98. The minimum atomic E-state index is -0.180. The van der Waals surface area contributed by atoms with Gasteiger partial charge in [0, 0.05) is 12.4 Å². The molecule has 2 nitrogen and oxygen atoms in total. The van der Waals surface area contributed by atoms with Crippen LogP contribution >= 0.6 is 0 Å². The van der Waals surface area contributed by atoms with Crippen molar-refractivity contribution in [3.63, 3.8) is 0 Å². The second kappa shape index (κ2) is 5.76. The first-order valence-corrected chi connectivity index (χ1v) is 5.31. The minimum Gasteiger partial charge on any atom is -0.393 e. The van der Waals surface area contributed by atoms with Crippen molar-refractivity contribution in [3.8, 4) is 0 Å². The maximum Gasteiger partial charge on any atom is 0.0568 e. The van der Waals surface area contributed by atoms with Crippen molar-refractivity contribution < 1.29 is 5.11 Å². The highest BCUT2D eigenvalue weighted by Crippen LogP contribution is 2.13. The molecule has 1 aromatic heterocycles. The molecule has 14 heavy (non-hydrogen) atoms. The quantitative estimate of drug-likeness (QED) is 0.779. The predicted octanol–water partition coefficient (Wildman–Crippen LogP) is 2.42. The topological polar surface area (TPSA) is 33.1 Å². The molecule has 0 amide bonds. The fourth-order valence-electron chi connectivity index (χ4n) is 1.42. The number of hydrogen-bond donors (Lipinski definition) is 1. The Morgan fingerprint density at radius 3 is 2.86 bits per heavy atom. The zero-order chi connectivity index (χ0) is 10.4. The third kappa shape index (κ3) is 3.46. The molecular formula is C12H19NO. The fourth-order valence-corrected chi connectivity index (χ4v) is 1.42. The summed E-state index contributed by atoms with van der Waals surface area (Å²) in [5.74, 6) is 0.395. The van der Waals surface area contributed by atoms with Crippen LogP contribution < -0.4 is 0 Å². The number of aromatic nitrogens is 1. The number of aliphatic hydroxyl groups is 1. The van der Waals surface area contributed by atoms with E-state index in [2.05, 4.69) is 24.9 Å². The summed E-state index contributed by atoms with van der Waals surface area (Å²) in [7, 11) is 0. The molecule has 0 fully saturated rings. The summed E-state index contributed by atoms with van der Waals surface area (Å²) in [6.45, 7) is 4.20. The van der Waals surface area contributed by atoms with Gasteiger partial charge in [-0.25, -0.2) is 0 Å². The van der Waals surface area contributed by atoms with Crippen molar-refractivity contribution in [3.05, 3.63) is 30.1 Å². The molecule has 1 N–H and O–H groups in total. The lowest BCUT2D eigenvalue weighted by molar-refractivity contribution is 0.106. The van der Waals surface area contributed by atoms with E-state index in [0.29, 0.717) is 5.92 Å². The SMILES string of the molecule is CCC(C)C(O)CCc1cccnc1. The van der Waals surface area contributed by atoms with Crippen LogP contribution in [-0.2, 0) is 6.42 Å². The minimum absolute atomic E-state index is 0.180. The summed E-state index contributed by atoms with van der Waals surface area (Å²) in [5.41, 5.74) is 1.20. The number of aliphatic hydroxyl groups excluding tert-OH is 1. The van der Waals surface area contributed by atoms with Crippen molar-refractivity contribution in [1.82, 2.24) is 4.98 Å². The van der Waals surface area contributed by atoms with E-state index in [0.717, 1.165) is 19.3 Å². The van der Waals surface area contributed by atoms with Crippen molar-refractivity contribution in [2.24, 2.45) is 5.92 Å². The number of pyridine rings is 1. The maximum absolute atomic E-state index is 9.76. The van der Waals surface area contributed by atoms with E-state index in [9.17, 15) is 5.11 Å². The molecule has 1 rings (SSSR count). The Balaban J connectivity index is 2.34. The van der Waals surface area contributed by atoms with E-state index < -0.39 is 0 Å². The second-order valence-electron chi connectivity index (χ2n) is 3.85. The second-order valence-corrected chi connectivity index (χ2v) is 3.85. The molecule has 1 heterocycles. The van der Waals surface area contributed by atoms with Gasteiger partial charge in [-0.15, -0.1) is 0 Å². The lowest BCUT2D eigenvalue weighted by Crippen LogP contribution is -2.17. The van der Waals surface area contributed by atoms with Gasteiger partial charge in [-0.2, -0.15) is 0 Å². The van der Waals surface area contributed by atoms with Gasteiger partial charge in [0.2, 0.25) is 0 Å². The molecule has 0 spiro atoms. The van der Waals surface area contributed by atoms with Crippen LogP contribution in [0.2, 0.25) is 0 Å².